The summed E-state index contributed by atoms with van der Waals surface area (Å²) in [6.45, 7) is 6.81. The summed E-state index contributed by atoms with van der Waals surface area (Å²) in [4.78, 5) is 11.5. The van der Waals surface area contributed by atoms with E-state index in [0.717, 1.165) is 11.3 Å². The standard InChI is InChI=1S/C12H17IN2O/c1-8(2)7-14-12(16)15-11-5-4-10(13)6-9(11)3/h4-6,8H,7H2,1-3H3,(H2,14,15,16). The summed E-state index contributed by atoms with van der Waals surface area (Å²) in [7, 11) is 0. The van der Waals surface area contributed by atoms with Crippen LogP contribution in [0, 0.1) is 16.4 Å². The zero-order valence-corrected chi connectivity index (χ0v) is 12.0. The molecule has 3 nitrogen and oxygen atoms in total. The number of urea groups is 1. The molecule has 0 radical (unpaired) electrons. The number of anilines is 1. The SMILES string of the molecule is Cc1cc(I)ccc1NC(=O)NCC(C)C. The van der Waals surface area contributed by atoms with Gasteiger partial charge in [0.15, 0.2) is 0 Å². The summed E-state index contributed by atoms with van der Waals surface area (Å²) in [5.41, 5.74) is 1.94. The van der Waals surface area contributed by atoms with E-state index in [1.54, 1.807) is 0 Å². The number of carbonyl (C=O) groups excluding carboxylic acids is 1. The summed E-state index contributed by atoms with van der Waals surface area (Å²) >= 11 is 2.25. The minimum atomic E-state index is -0.141. The first-order chi connectivity index (χ1) is 7.49. The average molecular weight is 332 g/mol. The van der Waals surface area contributed by atoms with Gasteiger partial charge in [-0.1, -0.05) is 13.8 Å². The van der Waals surface area contributed by atoms with Crippen molar-refractivity contribution >= 4 is 34.3 Å². The van der Waals surface area contributed by atoms with E-state index in [2.05, 4.69) is 47.1 Å². The number of benzene rings is 1. The Balaban J connectivity index is 2.56. The number of carbonyl (C=O) groups is 1. The van der Waals surface area contributed by atoms with Crippen LogP contribution in [0.3, 0.4) is 0 Å². The van der Waals surface area contributed by atoms with Crippen LogP contribution in [0.15, 0.2) is 18.2 Å². The highest BCUT2D eigenvalue weighted by Crippen LogP contribution is 2.17. The predicted octanol–water partition coefficient (Wildman–Crippen LogP) is 3.38. The summed E-state index contributed by atoms with van der Waals surface area (Å²) in [5.74, 6) is 0.462. The van der Waals surface area contributed by atoms with Crippen LogP contribution in [-0.2, 0) is 0 Å². The van der Waals surface area contributed by atoms with Gasteiger partial charge in [0.2, 0.25) is 0 Å². The first-order valence-electron chi connectivity index (χ1n) is 5.30. The molecule has 0 unspecified atom stereocenters. The second-order valence-corrected chi connectivity index (χ2v) is 5.43. The molecule has 2 N–H and O–H groups in total. The smallest absolute Gasteiger partial charge is 0.319 e. The fraction of sp³-hybridized carbons (Fsp3) is 0.417. The predicted molar refractivity (Wildman–Crippen MR) is 75.8 cm³/mol. The van der Waals surface area contributed by atoms with E-state index in [9.17, 15) is 4.79 Å². The number of amides is 2. The molecule has 0 spiro atoms. The Morgan fingerprint density at radius 1 is 1.44 bits per heavy atom. The van der Waals surface area contributed by atoms with Crippen LogP contribution in [0.4, 0.5) is 10.5 Å². The summed E-state index contributed by atoms with van der Waals surface area (Å²) in [6, 6.07) is 5.80. The van der Waals surface area contributed by atoms with E-state index in [0.29, 0.717) is 12.5 Å². The Morgan fingerprint density at radius 2 is 2.12 bits per heavy atom. The van der Waals surface area contributed by atoms with Gasteiger partial charge in [-0.25, -0.2) is 4.79 Å². The van der Waals surface area contributed by atoms with Crippen molar-refractivity contribution in [2.45, 2.75) is 20.8 Å². The maximum atomic E-state index is 11.5. The normalized spacial score (nSPS) is 10.3. The van der Waals surface area contributed by atoms with Crippen LogP contribution in [0.1, 0.15) is 19.4 Å². The lowest BCUT2D eigenvalue weighted by Crippen LogP contribution is -2.31. The quantitative estimate of drug-likeness (QED) is 0.819. The molecule has 4 heteroatoms. The Bertz CT molecular complexity index is 377. The molecule has 1 aromatic rings. The van der Waals surface area contributed by atoms with Crippen LogP contribution < -0.4 is 10.6 Å². The van der Waals surface area contributed by atoms with Gasteiger partial charge in [0.25, 0.3) is 0 Å². The van der Waals surface area contributed by atoms with Gasteiger partial charge in [-0.2, -0.15) is 0 Å². The van der Waals surface area contributed by atoms with Gasteiger partial charge in [0.1, 0.15) is 0 Å². The highest BCUT2D eigenvalue weighted by molar-refractivity contribution is 14.1. The molecule has 1 rings (SSSR count). The topological polar surface area (TPSA) is 41.1 Å². The monoisotopic (exact) mass is 332 g/mol. The first kappa shape index (κ1) is 13.3. The van der Waals surface area contributed by atoms with Crippen LogP contribution >= 0.6 is 22.6 Å². The third-order valence-corrected chi connectivity index (χ3v) is 2.78. The van der Waals surface area contributed by atoms with Crippen LogP contribution in [0.5, 0.6) is 0 Å². The molecule has 0 bridgehead atoms. The highest BCUT2D eigenvalue weighted by atomic mass is 127. The van der Waals surface area contributed by atoms with Crippen LogP contribution in [0.25, 0.3) is 0 Å². The lowest BCUT2D eigenvalue weighted by molar-refractivity contribution is 0.251. The molecular formula is C12H17IN2O. The van der Waals surface area contributed by atoms with E-state index in [-0.39, 0.29) is 6.03 Å². The lowest BCUT2D eigenvalue weighted by atomic mass is 10.2. The van der Waals surface area contributed by atoms with Crippen LogP contribution in [-0.4, -0.2) is 12.6 Å². The van der Waals surface area contributed by atoms with Crippen molar-refractivity contribution in [3.8, 4) is 0 Å². The maximum absolute atomic E-state index is 11.5. The Hall–Kier alpha value is -0.780. The van der Waals surface area contributed by atoms with Gasteiger partial charge in [-0.3, -0.25) is 0 Å². The molecule has 16 heavy (non-hydrogen) atoms. The molecular weight excluding hydrogens is 315 g/mol. The minimum absolute atomic E-state index is 0.141. The zero-order valence-electron chi connectivity index (χ0n) is 9.80. The number of aryl methyl sites for hydroxylation is 1. The average Bonchev–Trinajstić information content (AvgIpc) is 2.19. The van der Waals surface area contributed by atoms with Crippen molar-refractivity contribution in [1.29, 1.82) is 0 Å². The van der Waals surface area contributed by atoms with E-state index in [1.807, 2.05) is 25.1 Å². The lowest BCUT2D eigenvalue weighted by Gasteiger charge is -2.11. The largest absolute Gasteiger partial charge is 0.338 e. The van der Waals surface area contributed by atoms with Crippen molar-refractivity contribution in [2.75, 3.05) is 11.9 Å². The van der Waals surface area contributed by atoms with Gasteiger partial charge in [0, 0.05) is 15.8 Å². The van der Waals surface area contributed by atoms with E-state index in [4.69, 9.17) is 0 Å². The highest BCUT2D eigenvalue weighted by Gasteiger charge is 2.04. The van der Waals surface area contributed by atoms with Crippen molar-refractivity contribution in [2.24, 2.45) is 5.92 Å². The van der Waals surface area contributed by atoms with Crippen molar-refractivity contribution < 1.29 is 4.79 Å². The fourth-order valence-electron chi connectivity index (χ4n) is 1.23. The molecule has 2 amide bonds. The first-order valence-corrected chi connectivity index (χ1v) is 6.38. The zero-order chi connectivity index (χ0) is 12.1. The summed E-state index contributed by atoms with van der Waals surface area (Å²) < 4.78 is 1.17. The summed E-state index contributed by atoms with van der Waals surface area (Å²) in [6.07, 6.45) is 0. The Morgan fingerprint density at radius 3 is 2.69 bits per heavy atom. The molecule has 88 valence electrons. The minimum Gasteiger partial charge on any atom is -0.338 e. The van der Waals surface area contributed by atoms with Crippen molar-refractivity contribution in [3.63, 3.8) is 0 Å². The Kier molecular flexibility index (Phi) is 5.05. The van der Waals surface area contributed by atoms with Crippen molar-refractivity contribution in [3.05, 3.63) is 27.3 Å². The molecule has 0 saturated carbocycles. The maximum Gasteiger partial charge on any atom is 0.319 e. The van der Waals surface area contributed by atoms with Gasteiger partial charge in [-0.05, 0) is 59.2 Å². The summed E-state index contributed by atoms with van der Waals surface area (Å²) in [5, 5.41) is 5.66. The van der Waals surface area contributed by atoms with Crippen LogP contribution in [0.2, 0.25) is 0 Å². The number of hydrogen-bond acceptors (Lipinski definition) is 1. The van der Waals surface area contributed by atoms with Gasteiger partial charge < -0.3 is 10.6 Å². The molecule has 0 aliphatic rings. The molecule has 1 aromatic carbocycles. The van der Waals surface area contributed by atoms with Crippen molar-refractivity contribution in [1.82, 2.24) is 5.32 Å². The van der Waals surface area contributed by atoms with E-state index in [1.165, 1.54) is 3.57 Å². The van der Waals surface area contributed by atoms with E-state index < -0.39 is 0 Å². The fourth-order valence-corrected chi connectivity index (χ4v) is 1.88. The third-order valence-electron chi connectivity index (χ3n) is 2.11. The van der Waals surface area contributed by atoms with Gasteiger partial charge in [-0.15, -0.1) is 0 Å². The molecule has 0 aromatic heterocycles. The number of hydrogen-bond donors (Lipinski definition) is 2. The Labute approximate surface area is 110 Å². The second-order valence-electron chi connectivity index (χ2n) is 4.19. The third kappa shape index (κ3) is 4.38. The van der Waals surface area contributed by atoms with Gasteiger partial charge in [0.05, 0.1) is 0 Å². The number of rotatable bonds is 3. The number of halogens is 1. The molecule has 0 atom stereocenters. The molecule has 0 aliphatic carbocycles. The van der Waals surface area contributed by atoms with Gasteiger partial charge >= 0.3 is 6.03 Å². The van der Waals surface area contributed by atoms with E-state index >= 15 is 0 Å². The molecule has 0 saturated heterocycles. The molecule has 0 fully saturated rings. The second kappa shape index (κ2) is 6.08. The molecule has 0 aliphatic heterocycles. The molecule has 0 heterocycles. The number of nitrogens with one attached hydrogen (secondary N) is 2.